The van der Waals surface area contributed by atoms with Crippen molar-refractivity contribution in [3.05, 3.63) is 17.0 Å². The first-order chi connectivity index (χ1) is 8.43. The van der Waals surface area contributed by atoms with E-state index in [0.717, 1.165) is 17.7 Å². The van der Waals surface area contributed by atoms with Crippen molar-refractivity contribution >= 4 is 27.1 Å². The molecule has 1 saturated carbocycles. The van der Waals surface area contributed by atoms with Crippen LogP contribution < -0.4 is 0 Å². The van der Waals surface area contributed by atoms with Crippen molar-refractivity contribution in [1.29, 1.82) is 0 Å². The van der Waals surface area contributed by atoms with Crippen LogP contribution in [-0.4, -0.2) is 24.7 Å². The van der Waals surface area contributed by atoms with Gasteiger partial charge in [0.15, 0.2) is 9.84 Å². The van der Waals surface area contributed by atoms with E-state index in [1.165, 1.54) is 11.3 Å². The maximum atomic E-state index is 12.5. The van der Waals surface area contributed by atoms with E-state index in [1.807, 2.05) is 6.92 Å². The second-order valence-corrected chi connectivity index (χ2v) is 8.36. The fraction of sp³-hybridized carbons (Fsp3) is 0.583. The Labute approximate surface area is 111 Å². The van der Waals surface area contributed by atoms with E-state index in [0.29, 0.717) is 17.1 Å². The summed E-state index contributed by atoms with van der Waals surface area (Å²) < 4.78 is 25.2. The second kappa shape index (κ2) is 5.01. The minimum Gasteiger partial charge on any atom is -0.481 e. The maximum absolute atomic E-state index is 12.5. The molecule has 2 unspecified atom stereocenters. The minimum atomic E-state index is -3.50. The third-order valence-corrected chi connectivity index (χ3v) is 7.21. The summed E-state index contributed by atoms with van der Waals surface area (Å²) in [6.45, 7) is 1.85. The molecular formula is C12H16O4S2. The van der Waals surface area contributed by atoms with Crippen molar-refractivity contribution in [3.63, 3.8) is 0 Å². The summed E-state index contributed by atoms with van der Waals surface area (Å²) in [5.41, 5.74) is 0. The molecule has 1 heterocycles. The molecule has 0 radical (unpaired) electrons. The molecule has 0 aliphatic heterocycles. The largest absolute Gasteiger partial charge is 0.481 e. The topological polar surface area (TPSA) is 71.4 Å². The smallest absolute Gasteiger partial charge is 0.307 e. The SMILES string of the molecule is Cc1ccc(S(=O)(=O)C2CCCCC2C(=O)O)s1. The Morgan fingerprint density at radius 1 is 1.33 bits per heavy atom. The van der Waals surface area contributed by atoms with E-state index in [9.17, 15) is 13.2 Å². The predicted molar refractivity (Wildman–Crippen MR) is 69.6 cm³/mol. The molecule has 2 atom stereocenters. The van der Waals surface area contributed by atoms with Crippen molar-refractivity contribution in [1.82, 2.24) is 0 Å². The lowest BCUT2D eigenvalue weighted by atomic mass is 9.89. The Morgan fingerprint density at radius 2 is 2.00 bits per heavy atom. The number of carboxylic acid groups (broad SMARTS) is 1. The molecular weight excluding hydrogens is 272 g/mol. The molecule has 1 aliphatic carbocycles. The molecule has 18 heavy (non-hydrogen) atoms. The van der Waals surface area contributed by atoms with Gasteiger partial charge in [-0.3, -0.25) is 4.79 Å². The van der Waals surface area contributed by atoms with Crippen molar-refractivity contribution in [2.45, 2.75) is 42.1 Å². The summed E-state index contributed by atoms with van der Waals surface area (Å²) in [5, 5.41) is 8.40. The summed E-state index contributed by atoms with van der Waals surface area (Å²) >= 11 is 1.22. The highest BCUT2D eigenvalue weighted by Crippen LogP contribution is 2.35. The summed E-state index contributed by atoms with van der Waals surface area (Å²) in [6, 6.07) is 3.35. The van der Waals surface area contributed by atoms with Gasteiger partial charge in [-0.05, 0) is 31.9 Å². The minimum absolute atomic E-state index is 0.304. The highest BCUT2D eigenvalue weighted by molar-refractivity contribution is 7.94. The van der Waals surface area contributed by atoms with Gasteiger partial charge in [0.05, 0.1) is 11.2 Å². The molecule has 6 heteroatoms. The van der Waals surface area contributed by atoms with E-state index in [4.69, 9.17) is 5.11 Å². The number of carbonyl (C=O) groups is 1. The zero-order valence-electron chi connectivity index (χ0n) is 10.1. The Hall–Kier alpha value is -0.880. The van der Waals surface area contributed by atoms with Crippen molar-refractivity contribution in [2.24, 2.45) is 5.92 Å². The highest BCUT2D eigenvalue weighted by Gasteiger charge is 2.40. The van der Waals surface area contributed by atoms with Gasteiger partial charge in [0.1, 0.15) is 4.21 Å². The fourth-order valence-electron chi connectivity index (χ4n) is 2.46. The average molecular weight is 288 g/mol. The molecule has 0 spiro atoms. The van der Waals surface area contributed by atoms with Crippen molar-refractivity contribution in [3.8, 4) is 0 Å². The zero-order valence-corrected chi connectivity index (χ0v) is 11.8. The van der Waals surface area contributed by atoms with Crippen LogP contribution in [0, 0.1) is 12.8 Å². The van der Waals surface area contributed by atoms with Gasteiger partial charge >= 0.3 is 5.97 Å². The number of sulfone groups is 1. The molecule has 1 aliphatic rings. The van der Waals surface area contributed by atoms with E-state index in [1.54, 1.807) is 12.1 Å². The Kier molecular flexibility index (Phi) is 3.77. The average Bonchev–Trinajstić information content (AvgIpc) is 2.76. The van der Waals surface area contributed by atoms with Gasteiger partial charge in [-0.15, -0.1) is 11.3 Å². The molecule has 1 N–H and O–H groups in total. The summed E-state index contributed by atoms with van der Waals surface area (Å²) in [5.74, 6) is -1.75. The summed E-state index contributed by atoms with van der Waals surface area (Å²) in [4.78, 5) is 12.1. The van der Waals surface area contributed by atoms with Crippen LogP contribution in [-0.2, 0) is 14.6 Å². The van der Waals surface area contributed by atoms with Gasteiger partial charge in [0, 0.05) is 4.88 Å². The van der Waals surface area contributed by atoms with Gasteiger partial charge < -0.3 is 5.11 Å². The Bertz CT molecular complexity index is 544. The van der Waals surface area contributed by atoms with E-state index in [-0.39, 0.29) is 0 Å². The molecule has 1 aromatic heterocycles. The molecule has 0 saturated heterocycles. The van der Waals surface area contributed by atoms with E-state index >= 15 is 0 Å². The molecule has 1 fully saturated rings. The van der Waals surface area contributed by atoms with Crippen molar-refractivity contribution < 1.29 is 18.3 Å². The monoisotopic (exact) mass is 288 g/mol. The number of rotatable bonds is 3. The Balaban J connectivity index is 2.36. The van der Waals surface area contributed by atoms with Gasteiger partial charge in [-0.25, -0.2) is 8.42 Å². The fourth-order valence-corrected chi connectivity index (χ4v) is 6.00. The predicted octanol–water partition coefficient (Wildman–Crippen LogP) is 2.47. The van der Waals surface area contributed by atoms with Crippen LogP contribution in [0.15, 0.2) is 16.3 Å². The van der Waals surface area contributed by atoms with Crippen LogP contribution >= 0.6 is 11.3 Å². The molecule has 100 valence electrons. The number of hydrogen-bond donors (Lipinski definition) is 1. The first-order valence-corrected chi connectivity index (χ1v) is 8.32. The van der Waals surface area contributed by atoms with Gasteiger partial charge in [-0.2, -0.15) is 0 Å². The first kappa shape index (κ1) is 13.5. The number of aliphatic carboxylic acids is 1. The molecule has 0 aromatic carbocycles. The van der Waals surface area contributed by atoms with Crippen LogP contribution in [0.1, 0.15) is 30.6 Å². The third-order valence-electron chi connectivity index (χ3n) is 3.41. The highest BCUT2D eigenvalue weighted by atomic mass is 32.2. The van der Waals surface area contributed by atoms with E-state index < -0.39 is 27.0 Å². The van der Waals surface area contributed by atoms with Gasteiger partial charge in [0.25, 0.3) is 0 Å². The number of thiophene rings is 1. The zero-order chi connectivity index (χ0) is 13.3. The van der Waals surface area contributed by atoms with Gasteiger partial charge in [-0.1, -0.05) is 12.8 Å². The maximum Gasteiger partial charge on any atom is 0.307 e. The number of hydrogen-bond acceptors (Lipinski definition) is 4. The third kappa shape index (κ3) is 2.44. The van der Waals surface area contributed by atoms with Crippen LogP contribution in [0.2, 0.25) is 0 Å². The number of carboxylic acids is 1. The lowest BCUT2D eigenvalue weighted by molar-refractivity contribution is -0.142. The number of aryl methyl sites for hydroxylation is 1. The van der Waals surface area contributed by atoms with Crippen molar-refractivity contribution in [2.75, 3.05) is 0 Å². The van der Waals surface area contributed by atoms with Crippen LogP contribution in [0.3, 0.4) is 0 Å². The first-order valence-electron chi connectivity index (χ1n) is 5.96. The van der Waals surface area contributed by atoms with E-state index in [2.05, 4.69) is 0 Å². The second-order valence-electron chi connectivity index (χ2n) is 4.68. The lowest BCUT2D eigenvalue weighted by Gasteiger charge is -2.27. The molecule has 4 nitrogen and oxygen atoms in total. The molecule has 2 rings (SSSR count). The molecule has 1 aromatic rings. The lowest BCUT2D eigenvalue weighted by Crippen LogP contribution is -2.37. The Morgan fingerprint density at radius 3 is 2.56 bits per heavy atom. The van der Waals surface area contributed by atoms with Crippen LogP contribution in [0.25, 0.3) is 0 Å². The quantitative estimate of drug-likeness (QED) is 0.927. The standard InChI is InChI=1S/C12H16O4S2/c1-8-6-7-11(17-8)18(15,16)10-5-3-2-4-9(10)12(13)14/h6-7,9-10H,2-5H2,1H3,(H,13,14). The molecule has 0 amide bonds. The molecule has 0 bridgehead atoms. The van der Waals surface area contributed by atoms with Crippen LogP contribution in [0.4, 0.5) is 0 Å². The van der Waals surface area contributed by atoms with Gasteiger partial charge in [0.2, 0.25) is 0 Å². The summed E-state index contributed by atoms with van der Waals surface area (Å²) in [6.07, 6.45) is 2.50. The summed E-state index contributed by atoms with van der Waals surface area (Å²) in [7, 11) is -3.50. The van der Waals surface area contributed by atoms with Crippen LogP contribution in [0.5, 0.6) is 0 Å². The normalized spacial score (nSPS) is 24.9.